The summed E-state index contributed by atoms with van der Waals surface area (Å²) in [5.74, 6) is 0. The van der Waals surface area contributed by atoms with Crippen LogP contribution in [0.5, 0.6) is 0 Å². The van der Waals surface area contributed by atoms with Crippen LogP contribution in [0.2, 0.25) is 5.02 Å². The number of halogens is 4. The summed E-state index contributed by atoms with van der Waals surface area (Å²) in [6.45, 7) is 1.74. The van der Waals surface area contributed by atoms with Gasteiger partial charge in [0, 0.05) is 6.04 Å². The van der Waals surface area contributed by atoms with E-state index in [0.29, 0.717) is 12.0 Å². The second-order valence-corrected chi connectivity index (χ2v) is 3.90. The minimum absolute atomic E-state index is 0.174. The fourth-order valence-electron chi connectivity index (χ4n) is 1.29. The predicted molar refractivity (Wildman–Crippen MR) is 53.8 cm³/mol. The lowest BCUT2D eigenvalue weighted by Gasteiger charge is -2.11. The Bertz CT molecular complexity index is 347. The molecule has 1 nitrogen and oxygen atoms in total. The van der Waals surface area contributed by atoms with Crippen molar-refractivity contribution in [2.75, 3.05) is 0 Å². The quantitative estimate of drug-likeness (QED) is 0.840. The van der Waals surface area contributed by atoms with Gasteiger partial charge in [0.15, 0.2) is 0 Å². The van der Waals surface area contributed by atoms with Gasteiger partial charge >= 0.3 is 6.18 Å². The molecule has 1 atom stereocenters. The highest BCUT2D eigenvalue weighted by molar-refractivity contribution is 6.31. The highest BCUT2D eigenvalue weighted by Crippen LogP contribution is 2.35. The molecule has 0 radical (unpaired) electrons. The molecule has 84 valence electrons. The highest BCUT2D eigenvalue weighted by Gasteiger charge is 2.33. The van der Waals surface area contributed by atoms with Crippen molar-refractivity contribution in [1.82, 2.24) is 0 Å². The summed E-state index contributed by atoms with van der Waals surface area (Å²) in [5, 5.41) is -0.282. The zero-order valence-corrected chi connectivity index (χ0v) is 8.86. The highest BCUT2D eigenvalue weighted by atomic mass is 35.5. The van der Waals surface area contributed by atoms with Crippen LogP contribution < -0.4 is 5.73 Å². The number of rotatable bonds is 2. The summed E-state index contributed by atoms with van der Waals surface area (Å²) >= 11 is 5.47. The van der Waals surface area contributed by atoms with Gasteiger partial charge in [-0.3, -0.25) is 0 Å². The topological polar surface area (TPSA) is 26.0 Å². The van der Waals surface area contributed by atoms with E-state index in [1.807, 2.05) is 0 Å². The van der Waals surface area contributed by atoms with E-state index < -0.39 is 11.7 Å². The van der Waals surface area contributed by atoms with Crippen LogP contribution in [-0.2, 0) is 12.6 Å². The van der Waals surface area contributed by atoms with Gasteiger partial charge in [0.2, 0.25) is 0 Å². The van der Waals surface area contributed by atoms with Crippen molar-refractivity contribution in [3.63, 3.8) is 0 Å². The zero-order chi connectivity index (χ0) is 11.6. The average Bonchev–Trinajstić information content (AvgIpc) is 2.05. The fourth-order valence-corrected chi connectivity index (χ4v) is 1.51. The van der Waals surface area contributed by atoms with Gasteiger partial charge < -0.3 is 5.73 Å². The molecule has 0 heterocycles. The Hall–Kier alpha value is -0.740. The van der Waals surface area contributed by atoms with E-state index in [9.17, 15) is 13.2 Å². The maximum absolute atomic E-state index is 12.5. The second-order valence-electron chi connectivity index (χ2n) is 3.49. The third kappa shape index (κ3) is 3.39. The number of hydrogen-bond donors (Lipinski definition) is 1. The van der Waals surface area contributed by atoms with Crippen LogP contribution in [0.1, 0.15) is 18.1 Å². The van der Waals surface area contributed by atoms with Gasteiger partial charge in [0.1, 0.15) is 0 Å². The lowest BCUT2D eigenvalue weighted by atomic mass is 10.0. The second kappa shape index (κ2) is 4.41. The maximum atomic E-state index is 12.5. The smallest absolute Gasteiger partial charge is 0.328 e. The Kier molecular flexibility index (Phi) is 3.62. The largest absolute Gasteiger partial charge is 0.417 e. The van der Waals surface area contributed by atoms with Crippen LogP contribution in [0.25, 0.3) is 0 Å². The van der Waals surface area contributed by atoms with Crippen LogP contribution in [0.3, 0.4) is 0 Å². The van der Waals surface area contributed by atoms with Crippen LogP contribution in [0.4, 0.5) is 13.2 Å². The molecule has 2 N–H and O–H groups in total. The van der Waals surface area contributed by atoms with Crippen LogP contribution in [-0.4, -0.2) is 6.04 Å². The summed E-state index contributed by atoms with van der Waals surface area (Å²) in [4.78, 5) is 0. The summed E-state index contributed by atoms with van der Waals surface area (Å²) < 4.78 is 37.4. The summed E-state index contributed by atoms with van der Waals surface area (Å²) in [7, 11) is 0. The molecule has 1 aromatic rings. The first kappa shape index (κ1) is 12.3. The van der Waals surface area contributed by atoms with Crippen LogP contribution in [0, 0.1) is 0 Å². The molecule has 0 spiro atoms. The first-order chi connectivity index (χ1) is 6.80. The SMILES string of the molecule is CC(N)Cc1ccc(Cl)c(C(F)(F)F)c1. The lowest BCUT2D eigenvalue weighted by Crippen LogP contribution is -2.18. The van der Waals surface area contributed by atoms with Crippen molar-refractivity contribution >= 4 is 11.6 Å². The van der Waals surface area contributed by atoms with Crippen molar-refractivity contribution < 1.29 is 13.2 Å². The third-order valence-corrected chi connectivity index (χ3v) is 2.22. The van der Waals surface area contributed by atoms with Gasteiger partial charge in [-0.1, -0.05) is 17.7 Å². The van der Waals surface area contributed by atoms with E-state index >= 15 is 0 Å². The summed E-state index contributed by atoms with van der Waals surface area (Å²) in [5.41, 5.74) is 5.25. The molecule has 15 heavy (non-hydrogen) atoms. The van der Waals surface area contributed by atoms with Gasteiger partial charge in [-0.2, -0.15) is 13.2 Å². The molecule has 0 fully saturated rings. The Balaban J connectivity index is 3.06. The molecule has 0 saturated carbocycles. The Morgan fingerprint density at radius 3 is 2.47 bits per heavy atom. The Morgan fingerprint density at radius 1 is 1.40 bits per heavy atom. The van der Waals surface area contributed by atoms with E-state index in [-0.39, 0.29) is 11.1 Å². The average molecular weight is 238 g/mol. The van der Waals surface area contributed by atoms with E-state index in [1.165, 1.54) is 6.07 Å². The molecule has 1 rings (SSSR count). The van der Waals surface area contributed by atoms with E-state index in [1.54, 1.807) is 13.0 Å². The molecule has 0 aliphatic carbocycles. The van der Waals surface area contributed by atoms with E-state index in [4.69, 9.17) is 17.3 Å². The maximum Gasteiger partial charge on any atom is 0.417 e. The van der Waals surface area contributed by atoms with Gasteiger partial charge in [-0.25, -0.2) is 0 Å². The van der Waals surface area contributed by atoms with E-state index in [2.05, 4.69) is 0 Å². The van der Waals surface area contributed by atoms with Crippen LogP contribution >= 0.6 is 11.6 Å². The minimum Gasteiger partial charge on any atom is -0.328 e. The van der Waals surface area contributed by atoms with Gasteiger partial charge in [-0.15, -0.1) is 0 Å². The van der Waals surface area contributed by atoms with Crippen molar-refractivity contribution in [2.45, 2.75) is 25.6 Å². The predicted octanol–water partition coefficient (Wildman–Crippen LogP) is 3.25. The number of hydrogen-bond acceptors (Lipinski definition) is 1. The molecule has 0 saturated heterocycles. The van der Waals surface area contributed by atoms with Gasteiger partial charge in [-0.05, 0) is 31.0 Å². The van der Waals surface area contributed by atoms with Crippen molar-refractivity contribution in [2.24, 2.45) is 5.73 Å². The molecular weight excluding hydrogens is 227 g/mol. The van der Waals surface area contributed by atoms with Gasteiger partial charge in [0.05, 0.1) is 10.6 Å². The summed E-state index contributed by atoms with van der Waals surface area (Å²) in [6.07, 6.45) is -4.01. The molecule has 1 aromatic carbocycles. The van der Waals surface area contributed by atoms with Gasteiger partial charge in [0.25, 0.3) is 0 Å². The fraction of sp³-hybridized carbons (Fsp3) is 0.400. The molecule has 1 unspecified atom stereocenters. The molecule has 0 bridgehead atoms. The molecule has 0 amide bonds. The zero-order valence-electron chi connectivity index (χ0n) is 8.11. The molecule has 0 aliphatic rings. The standard InChI is InChI=1S/C10H11ClF3N/c1-6(15)4-7-2-3-9(11)8(5-7)10(12,13)14/h2-3,5-6H,4,15H2,1H3. The van der Waals surface area contributed by atoms with Crippen molar-refractivity contribution in [3.8, 4) is 0 Å². The van der Waals surface area contributed by atoms with Crippen molar-refractivity contribution in [3.05, 3.63) is 34.3 Å². The minimum atomic E-state index is -4.41. The third-order valence-electron chi connectivity index (χ3n) is 1.89. The molecule has 0 aliphatic heterocycles. The summed E-state index contributed by atoms with van der Waals surface area (Å²) in [6, 6.07) is 3.68. The Morgan fingerprint density at radius 2 is 2.00 bits per heavy atom. The van der Waals surface area contributed by atoms with E-state index in [0.717, 1.165) is 6.07 Å². The number of alkyl halides is 3. The van der Waals surface area contributed by atoms with Crippen LogP contribution in [0.15, 0.2) is 18.2 Å². The normalized spacial score (nSPS) is 14.0. The first-order valence-corrected chi connectivity index (χ1v) is 4.79. The molecule has 0 aromatic heterocycles. The lowest BCUT2D eigenvalue weighted by molar-refractivity contribution is -0.137. The number of benzene rings is 1. The monoisotopic (exact) mass is 237 g/mol. The molecule has 5 heteroatoms. The first-order valence-electron chi connectivity index (χ1n) is 4.42. The molecular formula is C10H11ClF3N. The Labute approximate surface area is 91.0 Å². The number of nitrogens with two attached hydrogens (primary N) is 1. The van der Waals surface area contributed by atoms with Crippen molar-refractivity contribution in [1.29, 1.82) is 0 Å².